The van der Waals surface area contributed by atoms with E-state index in [0.717, 1.165) is 42.7 Å². The van der Waals surface area contributed by atoms with Crippen molar-refractivity contribution in [2.24, 2.45) is 5.92 Å². The summed E-state index contributed by atoms with van der Waals surface area (Å²) in [6, 6.07) is 2.57. The van der Waals surface area contributed by atoms with Crippen molar-refractivity contribution in [3.8, 4) is 23.0 Å². The average Bonchev–Trinajstić information content (AvgIpc) is 1.53. The maximum atomic E-state index is 15.7. The highest BCUT2D eigenvalue weighted by molar-refractivity contribution is 7.93. The second-order valence-electron chi connectivity index (χ2n) is 23.1. The zero-order valence-electron chi connectivity index (χ0n) is 47.7. The van der Waals surface area contributed by atoms with Crippen LogP contribution in [-0.4, -0.2) is 112 Å². The molecule has 2 N–H and O–H groups in total. The molecule has 0 unspecified atom stereocenters. The molecular weight excluding hydrogens is 1240 g/mol. The van der Waals surface area contributed by atoms with Gasteiger partial charge < -0.3 is 20.1 Å². The standard InChI is InChI=1S/C55H55ClF10N8O11S2/c1-50(2,3)84-41(78)24-37(49(79)85-51(4,5)6)69-38(75)15-16-40(77)74(87(10,82)83)48-43-35(56)14-13-32(45(43)73(71-48)26-53(59,60)61)31-12-11-30(17-18-52(7,8)86(9,80)81)67-44(31)36(21-27-19-28(57)22-29(58)20-27)68-39(76)25-72-47-42(46(70-72)55(64,65)66)33-23-34(33)54(47,62)63/h11-16,19-20,22,33-34,36-37H,21,23-26H2,1-10H3,(H,68,76)(H,69,75)/b16-15+/t33-,34+,36-,37-/m0/s1. The number of carbonyl (C=O) groups is 5. The van der Waals surface area contributed by atoms with Gasteiger partial charge in [-0.15, -0.1) is 0 Å². The Morgan fingerprint density at radius 3 is 2.01 bits per heavy atom. The van der Waals surface area contributed by atoms with Crippen LogP contribution in [0.4, 0.5) is 49.7 Å². The van der Waals surface area contributed by atoms with Crippen LogP contribution in [0.3, 0.4) is 0 Å². The van der Waals surface area contributed by atoms with Crippen LogP contribution in [0.2, 0.25) is 5.02 Å². The minimum Gasteiger partial charge on any atom is -0.460 e. The molecule has 0 radical (unpaired) electrons. The number of hydrogen-bond acceptors (Lipinski definition) is 14. The maximum Gasteiger partial charge on any atom is 0.435 e. The maximum absolute atomic E-state index is 15.7. The fourth-order valence-corrected chi connectivity index (χ4v) is 10.7. The summed E-state index contributed by atoms with van der Waals surface area (Å²) in [5, 5.41) is 10.5. The second-order valence-corrected chi connectivity index (χ2v) is 27.9. The number of nitrogens with one attached hydrogen (secondary N) is 2. The number of sulfonamides is 1. The quantitative estimate of drug-likeness (QED) is 0.0383. The molecule has 2 aromatic carbocycles. The van der Waals surface area contributed by atoms with Crippen LogP contribution in [0.5, 0.6) is 0 Å². The molecule has 19 nitrogen and oxygen atoms in total. The highest BCUT2D eigenvalue weighted by Gasteiger charge is 2.68. The first kappa shape index (κ1) is 66.9. The monoisotopic (exact) mass is 1290 g/mol. The minimum atomic E-state index is -5.27. The molecule has 3 amide bonds. The van der Waals surface area contributed by atoms with E-state index in [1.807, 2.05) is 0 Å². The molecule has 4 atom stereocenters. The first-order valence-corrected chi connectivity index (χ1v) is 30.1. The molecular formula is C55H55ClF10N8O11S2. The third-order valence-electron chi connectivity index (χ3n) is 13.2. The number of anilines is 1. The summed E-state index contributed by atoms with van der Waals surface area (Å²) in [5.41, 5.74) is -8.73. The van der Waals surface area contributed by atoms with Crippen molar-refractivity contribution in [1.29, 1.82) is 0 Å². The number of esters is 2. The van der Waals surface area contributed by atoms with Crippen LogP contribution < -0.4 is 14.9 Å². The van der Waals surface area contributed by atoms with E-state index in [1.165, 1.54) is 55.4 Å². The zero-order chi connectivity index (χ0) is 65.3. The number of rotatable bonds is 17. The zero-order valence-corrected chi connectivity index (χ0v) is 50.1. The van der Waals surface area contributed by atoms with Gasteiger partial charge in [0.15, 0.2) is 21.3 Å². The highest BCUT2D eigenvalue weighted by Crippen LogP contribution is 2.68. The average molecular weight is 1290 g/mol. The van der Waals surface area contributed by atoms with Gasteiger partial charge in [-0.25, -0.2) is 35.4 Å². The largest absolute Gasteiger partial charge is 0.460 e. The van der Waals surface area contributed by atoms with Crippen LogP contribution in [0.15, 0.2) is 54.6 Å². The predicted octanol–water partition coefficient (Wildman–Crippen LogP) is 8.70. The summed E-state index contributed by atoms with van der Waals surface area (Å²) in [7, 11) is -9.04. The lowest BCUT2D eigenvalue weighted by molar-refractivity contribution is -0.165. The third-order valence-corrected chi connectivity index (χ3v) is 16.5. The van der Waals surface area contributed by atoms with E-state index in [-0.39, 0.29) is 31.3 Å². The minimum absolute atomic E-state index is 0.139. The molecule has 2 aliphatic rings. The number of pyridine rings is 1. The molecule has 7 rings (SSSR count). The van der Waals surface area contributed by atoms with Crippen molar-refractivity contribution in [1.82, 2.24) is 35.2 Å². The molecule has 2 aliphatic carbocycles. The van der Waals surface area contributed by atoms with Gasteiger partial charge in [0.2, 0.25) is 21.8 Å². The lowest BCUT2D eigenvalue weighted by Gasteiger charge is -2.25. The number of benzene rings is 2. The Kier molecular flexibility index (Phi) is 18.1. The summed E-state index contributed by atoms with van der Waals surface area (Å²) in [4.78, 5) is 72.4. The smallest absolute Gasteiger partial charge is 0.435 e. The number of hydrogen-bond donors (Lipinski definition) is 2. The van der Waals surface area contributed by atoms with E-state index in [1.54, 1.807) is 0 Å². The van der Waals surface area contributed by atoms with Gasteiger partial charge in [-0.1, -0.05) is 23.6 Å². The topological polar surface area (TPSA) is 248 Å². The van der Waals surface area contributed by atoms with Crippen molar-refractivity contribution < 1.29 is 94.2 Å². The Morgan fingerprint density at radius 2 is 1.45 bits per heavy atom. The van der Waals surface area contributed by atoms with Crippen LogP contribution in [0, 0.1) is 29.4 Å². The van der Waals surface area contributed by atoms with Crippen molar-refractivity contribution in [3.05, 3.63) is 105 Å². The van der Waals surface area contributed by atoms with Crippen LogP contribution in [-0.2, 0) is 84.9 Å². The van der Waals surface area contributed by atoms with E-state index >= 15 is 8.78 Å². The SMILES string of the molecule is CC(C)(C)OC(=O)C[C@H](NC(=O)/C=C/C(=O)N(c1nn(CC(F)(F)F)c2c(-c3ccc(C#CC(C)(C)S(C)(=O)=O)nc3[C@H](Cc3cc(F)cc(F)c3)NC(=O)Cn3nc(C(F)(F)F)c4c3C(F)(F)[C@@H]3C[C@H]43)ccc(Cl)c12)S(C)(=O)=O)C(=O)OC(C)(C)C. The highest BCUT2D eigenvalue weighted by atomic mass is 35.5. The summed E-state index contributed by atoms with van der Waals surface area (Å²) in [6.07, 6.45) is -10.4. The molecule has 3 heterocycles. The Labute approximate surface area is 496 Å². The van der Waals surface area contributed by atoms with Crippen molar-refractivity contribution in [2.75, 3.05) is 16.8 Å². The fraction of sp³-hybridized carbons (Fsp3) is 0.455. The lowest BCUT2D eigenvalue weighted by atomic mass is 9.93. The molecule has 0 spiro atoms. The number of aromatic nitrogens is 5. The summed E-state index contributed by atoms with van der Waals surface area (Å²) in [6.45, 7) is 7.94. The molecule has 5 aromatic rings. The number of halogens is 11. The van der Waals surface area contributed by atoms with Crippen molar-refractivity contribution in [2.45, 2.75) is 140 Å². The van der Waals surface area contributed by atoms with Crippen LogP contribution in [0.1, 0.15) is 114 Å². The summed E-state index contributed by atoms with van der Waals surface area (Å²) >= 11 is 6.71. The Morgan fingerprint density at radius 1 is 0.839 bits per heavy atom. The molecule has 32 heteroatoms. The number of nitrogens with zero attached hydrogens (tertiary/aromatic N) is 6. The van der Waals surface area contributed by atoms with E-state index in [4.69, 9.17) is 21.1 Å². The van der Waals surface area contributed by atoms with E-state index in [9.17, 15) is 75.9 Å². The van der Waals surface area contributed by atoms with Gasteiger partial charge >= 0.3 is 24.3 Å². The van der Waals surface area contributed by atoms with Crippen molar-refractivity contribution in [3.63, 3.8) is 0 Å². The number of amides is 3. The van der Waals surface area contributed by atoms with E-state index < -0.39 is 201 Å². The molecule has 470 valence electrons. The number of ether oxygens (including phenoxy) is 2. The first-order chi connectivity index (χ1) is 39.7. The number of carbonyl (C=O) groups excluding carboxylic acids is 5. The molecule has 0 aliphatic heterocycles. The van der Waals surface area contributed by atoms with Gasteiger partial charge in [-0.05, 0) is 116 Å². The Balaban J connectivity index is 1.41. The first-order valence-electron chi connectivity index (χ1n) is 25.9. The number of fused-ring (bicyclic) bond motifs is 4. The summed E-state index contributed by atoms with van der Waals surface area (Å²) < 4.78 is 211. The molecule has 3 aromatic heterocycles. The van der Waals surface area contributed by atoms with Gasteiger partial charge in [-0.2, -0.15) is 49.6 Å². The molecule has 0 bridgehead atoms. The fourth-order valence-electron chi connectivity index (χ4n) is 9.38. The van der Waals surface area contributed by atoms with Crippen LogP contribution >= 0.6 is 11.6 Å². The van der Waals surface area contributed by atoms with Crippen LogP contribution in [0.25, 0.3) is 22.0 Å². The lowest BCUT2D eigenvalue weighted by Crippen LogP contribution is -2.45. The van der Waals surface area contributed by atoms with Gasteiger partial charge in [0.1, 0.15) is 58.1 Å². The molecule has 1 saturated carbocycles. The van der Waals surface area contributed by atoms with Gasteiger partial charge in [0.25, 0.3) is 11.8 Å². The van der Waals surface area contributed by atoms with E-state index in [2.05, 4.69) is 37.7 Å². The van der Waals surface area contributed by atoms with Gasteiger partial charge in [-0.3, -0.25) is 28.5 Å². The summed E-state index contributed by atoms with van der Waals surface area (Å²) in [5.74, 6) is -11.6. The Bertz CT molecular complexity index is 3950. The predicted molar refractivity (Wildman–Crippen MR) is 292 cm³/mol. The normalized spacial score (nSPS) is 16.7. The van der Waals surface area contributed by atoms with E-state index in [0.29, 0.717) is 24.5 Å². The molecule has 1 fully saturated rings. The van der Waals surface area contributed by atoms with Gasteiger partial charge in [0.05, 0.1) is 40.3 Å². The third kappa shape index (κ3) is 15.6. The molecule has 87 heavy (non-hydrogen) atoms. The number of sulfone groups is 1. The second kappa shape index (κ2) is 23.5. The number of alkyl halides is 8. The van der Waals surface area contributed by atoms with Gasteiger partial charge in [0, 0.05) is 47.1 Å². The Hall–Kier alpha value is -7.59. The molecule has 0 saturated heterocycles. The van der Waals surface area contributed by atoms with Crippen molar-refractivity contribution >= 4 is 77.8 Å².